The van der Waals surface area contributed by atoms with E-state index < -0.39 is 43.8 Å². The molecule has 9 nitrogen and oxygen atoms in total. The summed E-state index contributed by atoms with van der Waals surface area (Å²) in [5.41, 5.74) is 2.96. The zero-order chi connectivity index (χ0) is 41.6. The van der Waals surface area contributed by atoms with Gasteiger partial charge in [0.15, 0.2) is 14.1 Å². The Hall–Kier alpha value is -3.54. The van der Waals surface area contributed by atoms with Gasteiger partial charge in [-0.15, -0.1) is 0 Å². The van der Waals surface area contributed by atoms with Crippen LogP contribution in [0.25, 0.3) is 0 Å². The number of hydrogen-bond acceptors (Lipinski definition) is 8. The Morgan fingerprint density at radius 1 is 0.845 bits per heavy atom. The summed E-state index contributed by atoms with van der Waals surface area (Å²) in [6, 6.07) is 31.4. The third-order valence-corrected chi connectivity index (χ3v) is 17.1. The van der Waals surface area contributed by atoms with Gasteiger partial charge >= 0.3 is 11.9 Å². The molecule has 5 rings (SSSR count). The topological polar surface area (TPSA) is 110 Å². The van der Waals surface area contributed by atoms with Crippen molar-refractivity contribution in [2.45, 2.75) is 161 Å². The van der Waals surface area contributed by atoms with Gasteiger partial charge in [0, 0.05) is 18.3 Å². The van der Waals surface area contributed by atoms with Crippen LogP contribution < -0.4 is 4.74 Å². The fraction of sp³-hybridized carbons (Fsp3) is 0.583. The summed E-state index contributed by atoms with van der Waals surface area (Å²) in [5, 5.41) is 9.79. The van der Waals surface area contributed by atoms with Gasteiger partial charge in [0.05, 0.1) is 44.4 Å². The molecule has 1 N–H and O–H groups in total. The normalized spacial score (nSPS) is 23.6. The lowest BCUT2D eigenvalue weighted by molar-refractivity contribution is -0.380. The molecule has 10 heteroatoms. The van der Waals surface area contributed by atoms with Crippen molar-refractivity contribution in [1.29, 1.82) is 0 Å². The average Bonchev–Trinajstić information content (AvgIpc) is 3.20. The number of ether oxygens (including phenoxy) is 5. The van der Waals surface area contributed by atoms with Crippen molar-refractivity contribution in [3.63, 3.8) is 0 Å². The number of hydrogen-bond donors (Lipinski definition) is 1. The van der Waals surface area contributed by atoms with Crippen LogP contribution in [0.5, 0.6) is 5.75 Å². The van der Waals surface area contributed by atoms with Crippen LogP contribution >= 0.6 is 0 Å². The molecule has 6 atom stereocenters. The van der Waals surface area contributed by atoms with Crippen LogP contribution in [0.3, 0.4) is 0 Å². The van der Waals surface area contributed by atoms with Gasteiger partial charge in [-0.1, -0.05) is 121 Å². The number of aryl methyl sites for hydroxylation is 1. The molecule has 2 fully saturated rings. The third kappa shape index (κ3) is 13.0. The van der Waals surface area contributed by atoms with E-state index in [-0.39, 0.29) is 30.8 Å². The SMILES string of the molecule is CC[Si](CC)(CC)O[C@@H](COCc1ccccc1)CC(=O)O[C@@H]1C[C@@H](CCCCc2cccc(OCc3ccccc3)c2)O[C@@]2(C1)O[C@@H](CC(=O)O)[C@H](C)CC2(C)C. The predicted molar refractivity (Wildman–Crippen MR) is 229 cm³/mol. The van der Waals surface area contributed by atoms with Gasteiger partial charge in [0.1, 0.15) is 18.5 Å². The smallest absolute Gasteiger partial charge is 0.308 e. The number of aliphatic carboxylic acids is 1. The van der Waals surface area contributed by atoms with Crippen molar-refractivity contribution in [2.24, 2.45) is 11.3 Å². The summed E-state index contributed by atoms with van der Waals surface area (Å²) in [4.78, 5) is 25.9. The first kappa shape index (κ1) is 45.5. The number of carbonyl (C=O) groups is 2. The average molecular weight is 817 g/mol. The first-order valence-corrected chi connectivity index (χ1v) is 24.2. The Labute approximate surface area is 348 Å². The number of carbonyl (C=O) groups excluding carboxylic acids is 1. The fourth-order valence-corrected chi connectivity index (χ4v) is 11.7. The molecular formula is C48H68O9Si. The van der Waals surface area contributed by atoms with Crippen LogP contribution in [0, 0.1) is 11.3 Å². The number of esters is 1. The fourth-order valence-electron chi connectivity index (χ4n) is 8.87. The summed E-state index contributed by atoms with van der Waals surface area (Å²) in [5.74, 6) is -1.43. The van der Waals surface area contributed by atoms with Crippen molar-refractivity contribution in [3.8, 4) is 5.75 Å². The Bertz CT molecular complexity index is 1690. The number of benzene rings is 3. The van der Waals surface area contributed by atoms with Crippen molar-refractivity contribution in [3.05, 3.63) is 102 Å². The second-order valence-corrected chi connectivity index (χ2v) is 21.9. The highest BCUT2D eigenvalue weighted by atomic mass is 28.4. The Morgan fingerprint density at radius 3 is 2.16 bits per heavy atom. The number of rotatable bonds is 22. The molecule has 0 saturated carbocycles. The van der Waals surface area contributed by atoms with E-state index in [1.54, 1.807) is 0 Å². The van der Waals surface area contributed by atoms with Gasteiger partial charge in [-0.2, -0.15) is 0 Å². The molecule has 2 aliphatic heterocycles. The van der Waals surface area contributed by atoms with E-state index in [4.69, 9.17) is 28.1 Å². The van der Waals surface area contributed by atoms with E-state index in [0.29, 0.717) is 32.7 Å². The van der Waals surface area contributed by atoms with Gasteiger partial charge in [-0.3, -0.25) is 9.59 Å². The van der Waals surface area contributed by atoms with E-state index >= 15 is 0 Å². The highest BCUT2D eigenvalue weighted by Crippen LogP contribution is 2.53. The van der Waals surface area contributed by atoms with Crippen LogP contribution in [0.2, 0.25) is 18.1 Å². The molecule has 3 aromatic rings. The van der Waals surface area contributed by atoms with E-state index in [1.807, 2.05) is 67.6 Å². The lowest BCUT2D eigenvalue weighted by Crippen LogP contribution is -2.62. The highest BCUT2D eigenvalue weighted by Gasteiger charge is 2.58. The van der Waals surface area contributed by atoms with Crippen molar-refractivity contribution >= 4 is 20.3 Å². The van der Waals surface area contributed by atoms with Crippen LogP contribution in [0.1, 0.15) is 110 Å². The predicted octanol–water partition coefficient (Wildman–Crippen LogP) is 10.7. The quantitative estimate of drug-likeness (QED) is 0.0602. The van der Waals surface area contributed by atoms with Crippen molar-refractivity contribution in [1.82, 2.24) is 0 Å². The molecule has 0 bridgehead atoms. The molecule has 2 heterocycles. The summed E-state index contributed by atoms with van der Waals surface area (Å²) in [6.45, 7) is 14.1. The molecule has 58 heavy (non-hydrogen) atoms. The highest BCUT2D eigenvalue weighted by molar-refractivity contribution is 6.73. The van der Waals surface area contributed by atoms with Crippen LogP contribution in [-0.4, -0.2) is 62.2 Å². The summed E-state index contributed by atoms with van der Waals surface area (Å²) >= 11 is 0. The standard InChI is InChI=1S/C48H68O9Si/c1-7-58(8-2,9-3)57-43(35-52-33-38-20-12-10-13-21-38)29-46(51)54-42-28-41(55-48(32-42)47(5,6)31-36(4)44(56-48)30-45(49)50)25-17-16-19-37-24-18-26-40(27-37)53-34-39-22-14-11-15-23-39/h10-15,18,20-24,26-27,36,41-44H,7-9,16-17,19,25,28-35H2,1-6H3,(H,49,50)/t36-,41-,42-,43-,44+,48+/m1/s1. The van der Waals surface area contributed by atoms with Crippen LogP contribution in [0.15, 0.2) is 84.9 Å². The van der Waals surface area contributed by atoms with E-state index in [0.717, 1.165) is 67.1 Å². The van der Waals surface area contributed by atoms with Gasteiger partial charge in [-0.25, -0.2) is 0 Å². The Kier molecular flexibility index (Phi) is 17.0. The first-order chi connectivity index (χ1) is 27.9. The lowest BCUT2D eigenvalue weighted by Gasteiger charge is -2.57. The minimum atomic E-state index is -2.07. The largest absolute Gasteiger partial charge is 0.489 e. The number of unbranched alkanes of at least 4 members (excludes halogenated alkanes) is 1. The molecular weight excluding hydrogens is 749 g/mol. The molecule has 0 unspecified atom stereocenters. The Morgan fingerprint density at radius 2 is 1.50 bits per heavy atom. The molecule has 3 aromatic carbocycles. The van der Waals surface area contributed by atoms with Gasteiger partial charge in [0.2, 0.25) is 0 Å². The number of carboxylic acids is 1. The van der Waals surface area contributed by atoms with Gasteiger partial charge < -0.3 is 33.2 Å². The van der Waals surface area contributed by atoms with E-state index in [1.165, 1.54) is 5.56 Å². The van der Waals surface area contributed by atoms with Gasteiger partial charge in [0.25, 0.3) is 0 Å². The molecule has 0 radical (unpaired) electrons. The lowest BCUT2D eigenvalue weighted by atomic mass is 9.68. The second-order valence-electron chi connectivity index (χ2n) is 17.2. The molecule has 0 aliphatic carbocycles. The van der Waals surface area contributed by atoms with Crippen LogP contribution in [0.4, 0.5) is 0 Å². The molecule has 2 saturated heterocycles. The van der Waals surface area contributed by atoms with E-state index in [9.17, 15) is 14.7 Å². The molecule has 318 valence electrons. The monoisotopic (exact) mass is 816 g/mol. The zero-order valence-electron chi connectivity index (χ0n) is 35.8. The summed E-state index contributed by atoms with van der Waals surface area (Å²) in [6.07, 6.45) is 3.49. The van der Waals surface area contributed by atoms with Crippen molar-refractivity contribution < 1.29 is 42.8 Å². The number of carboxylic acid groups (broad SMARTS) is 1. The second kappa shape index (κ2) is 21.6. The minimum Gasteiger partial charge on any atom is -0.489 e. The van der Waals surface area contributed by atoms with E-state index in [2.05, 4.69) is 58.9 Å². The molecule has 2 aliphatic rings. The van der Waals surface area contributed by atoms with Crippen molar-refractivity contribution in [2.75, 3.05) is 6.61 Å². The summed E-state index contributed by atoms with van der Waals surface area (Å²) < 4.78 is 39.2. The molecule has 1 spiro atoms. The maximum absolute atomic E-state index is 14.0. The first-order valence-electron chi connectivity index (χ1n) is 21.7. The Balaban J connectivity index is 1.26. The zero-order valence-corrected chi connectivity index (χ0v) is 36.8. The minimum absolute atomic E-state index is 0.0306. The maximum Gasteiger partial charge on any atom is 0.308 e. The van der Waals surface area contributed by atoms with Gasteiger partial charge in [-0.05, 0) is 78.6 Å². The summed E-state index contributed by atoms with van der Waals surface area (Å²) in [7, 11) is -2.07. The molecule has 0 amide bonds. The van der Waals surface area contributed by atoms with Crippen LogP contribution in [-0.2, 0) is 52.6 Å². The maximum atomic E-state index is 14.0. The third-order valence-electron chi connectivity index (χ3n) is 12.4. The molecule has 0 aromatic heterocycles.